The minimum Gasteiger partial charge on any atom is -0.206 e. The van der Waals surface area contributed by atoms with E-state index < -0.39 is 0 Å². The summed E-state index contributed by atoms with van der Waals surface area (Å²) in [5, 5.41) is 8.54. The summed E-state index contributed by atoms with van der Waals surface area (Å²) in [5.74, 6) is -0.339. The van der Waals surface area contributed by atoms with Crippen LogP contribution in [0.3, 0.4) is 0 Å². The van der Waals surface area contributed by atoms with Crippen molar-refractivity contribution in [3.05, 3.63) is 31.6 Å². The fraction of sp³-hybridized carbons (Fsp3) is 0. The third kappa shape index (κ3) is 1.91. The van der Waals surface area contributed by atoms with Gasteiger partial charge in [0.05, 0.1) is 10.0 Å². The number of nitriles is 1. The molecule has 0 aliphatic heterocycles. The molecule has 0 radical (unpaired) electrons. The third-order valence-corrected chi connectivity index (χ3v) is 2.63. The Morgan fingerprint density at radius 2 is 2.18 bits per heavy atom. The predicted octanol–water partition coefficient (Wildman–Crippen LogP) is 3.06. The van der Waals surface area contributed by atoms with Crippen LogP contribution in [0.15, 0.2) is 16.6 Å². The first-order valence-corrected chi connectivity index (χ1v) is 4.57. The summed E-state index contributed by atoms with van der Waals surface area (Å²) in [6, 6.07) is 4.75. The molecule has 0 saturated heterocycles. The van der Waals surface area contributed by atoms with Gasteiger partial charge < -0.3 is 0 Å². The van der Waals surface area contributed by atoms with Crippen LogP contribution in [0.1, 0.15) is 5.56 Å². The second-order valence-electron chi connectivity index (χ2n) is 1.86. The van der Waals surface area contributed by atoms with Crippen LogP contribution < -0.4 is 0 Å². The van der Waals surface area contributed by atoms with Crippen molar-refractivity contribution in [1.29, 1.82) is 5.26 Å². The van der Waals surface area contributed by atoms with E-state index in [9.17, 15) is 4.39 Å². The molecule has 1 aromatic rings. The number of benzene rings is 1. The van der Waals surface area contributed by atoms with E-state index in [2.05, 4.69) is 15.9 Å². The van der Waals surface area contributed by atoms with Crippen LogP contribution in [0.2, 0.25) is 0 Å². The van der Waals surface area contributed by atoms with Gasteiger partial charge in [-0.05, 0) is 50.7 Å². The van der Waals surface area contributed by atoms with Gasteiger partial charge in [-0.15, -0.1) is 0 Å². The number of halogens is 3. The van der Waals surface area contributed by atoms with E-state index in [0.29, 0.717) is 13.6 Å². The number of hydrogen-bond donors (Lipinski definition) is 0. The lowest BCUT2D eigenvalue weighted by Gasteiger charge is -1.96. The normalized spacial score (nSPS) is 9.27. The van der Waals surface area contributed by atoms with Crippen LogP contribution >= 0.6 is 38.5 Å². The van der Waals surface area contributed by atoms with Crippen LogP contribution in [0.4, 0.5) is 4.39 Å². The molecular formula is C7H2BrFIN. The smallest absolute Gasteiger partial charge is 0.138 e. The van der Waals surface area contributed by atoms with Crippen LogP contribution in [-0.2, 0) is 0 Å². The summed E-state index contributed by atoms with van der Waals surface area (Å²) in [5.41, 5.74) is 0.485. The van der Waals surface area contributed by atoms with E-state index >= 15 is 0 Å². The Morgan fingerprint density at radius 3 is 2.73 bits per heavy atom. The van der Waals surface area contributed by atoms with Crippen molar-refractivity contribution in [3.63, 3.8) is 0 Å². The lowest BCUT2D eigenvalue weighted by molar-refractivity contribution is 0.620. The lowest BCUT2D eigenvalue weighted by Crippen LogP contribution is -1.85. The Bertz CT molecular complexity index is 332. The predicted molar refractivity (Wildman–Crippen MR) is 51.5 cm³/mol. The van der Waals surface area contributed by atoms with E-state index in [1.54, 1.807) is 0 Å². The Kier molecular flexibility index (Phi) is 2.84. The molecule has 11 heavy (non-hydrogen) atoms. The molecule has 1 nitrogen and oxygen atoms in total. The number of hydrogen-bond acceptors (Lipinski definition) is 1. The fourth-order valence-corrected chi connectivity index (χ4v) is 1.50. The molecule has 0 amide bonds. The van der Waals surface area contributed by atoms with Gasteiger partial charge in [-0.3, -0.25) is 0 Å². The molecule has 0 saturated carbocycles. The molecule has 0 aliphatic rings. The average Bonchev–Trinajstić information content (AvgIpc) is 1.97. The highest BCUT2D eigenvalue weighted by Gasteiger charge is 2.04. The standard InChI is InChI=1S/C7H2BrFIN/c8-5-1-4(3-11)7(10)2-6(5)9/h1-2H. The molecule has 0 heterocycles. The zero-order chi connectivity index (χ0) is 8.43. The summed E-state index contributed by atoms with van der Waals surface area (Å²) in [6.45, 7) is 0. The van der Waals surface area contributed by atoms with Gasteiger partial charge in [-0.1, -0.05) is 0 Å². The Hall–Kier alpha value is -0.150. The Balaban J connectivity index is 3.35. The molecule has 0 fully saturated rings. The molecule has 0 spiro atoms. The maximum atomic E-state index is 12.7. The molecule has 56 valence electrons. The van der Waals surface area contributed by atoms with Gasteiger partial charge in [-0.25, -0.2) is 4.39 Å². The van der Waals surface area contributed by atoms with Crippen molar-refractivity contribution >= 4 is 38.5 Å². The van der Waals surface area contributed by atoms with Gasteiger partial charge in [0.25, 0.3) is 0 Å². The third-order valence-electron chi connectivity index (χ3n) is 1.13. The largest absolute Gasteiger partial charge is 0.206 e. The van der Waals surface area contributed by atoms with Crippen molar-refractivity contribution in [3.8, 4) is 6.07 Å². The molecule has 1 rings (SSSR count). The second kappa shape index (κ2) is 3.50. The van der Waals surface area contributed by atoms with Gasteiger partial charge >= 0.3 is 0 Å². The maximum Gasteiger partial charge on any atom is 0.138 e. The molecular weight excluding hydrogens is 324 g/mol. The van der Waals surface area contributed by atoms with Crippen LogP contribution in [0.25, 0.3) is 0 Å². The van der Waals surface area contributed by atoms with E-state index in [4.69, 9.17) is 5.26 Å². The molecule has 0 bridgehead atoms. The second-order valence-corrected chi connectivity index (χ2v) is 3.87. The average molecular weight is 326 g/mol. The highest BCUT2D eigenvalue weighted by Crippen LogP contribution is 2.21. The summed E-state index contributed by atoms with van der Waals surface area (Å²) in [7, 11) is 0. The molecule has 0 aliphatic carbocycles. The van der Waals surface area contributed by atoms with Crippen LogP contribution in [0.5, 0.6) is 0 Å². The van der Waals surface area contributed by atoms with E-state index in [-0.39, 0.29) is 5.82 Å². The zero-order valence-corrected chi connectivity index (χ0v) is 8.98. The molecule has 4 heteroatoms. The summed E-state index contributed by atoms with van der Waals surface area (Å²) < 4.78 is 13.7. The van der Waals surface area contributed by atoms with Gasteiger partial charge in [0.15, 0.2) is 0 Å². The lowest BCUT2D eigenvalue weighted by atomic mass is 10.2. The maximum absolute atomic E-state index is 12.7. The first-order chi connectivity index (χ1) is 5.15. The van der Waals surface area contributed by atoms with Crippen molar-refractivity contribution in [2.75, 3.05) is 0 Å². The monoisotopic (exact) mass is 325 g/mol. The Labute approximate surface area is 85.5 Å². The van der Waals surface area contributed by atoms with E-state index in [0.717, 1.165) is 0 Å². The van der Waals surface area contributed by atoms with Crippen molar-refractivity contribution in [2.24, 2.45) is 0 Å². The van der Waals surface area contributed by atoms with E-state index in [1.807, 2.05) is 28.7 Å². The highest BCUT2D eigenvalue weighted by molar-refractivity contribution is 14.1. The molecule has 0 aromatic heterocycles. The van der Waals surface area contributed by atoms with Gasteiger partial charge in [0, 0.05) is 3.57 Å². The van der Waals surface area contributed by atoms with Crippen LogP contribution in [0, 0.1) is 20.7 Å². The van der Waals surface area contributed by atoms with Gasteiger partial charge in [0.2, 0.25) is 0 Å². The molecule has 0 atom stereocenters. The van der Waals surface area contributed by atoms with Crippen molar-refractivity contribution < 1.29 is 4.39 Å². The quantitative estimate of drug-likeness (QED) is 0.531. The minimum atomic E-state index is -0.339. The van der Waals surface area contributed by atoms with Gasteiger partial charge in [0.1, 0.15) is 11.9 Å². The molecule has 0 unspecified atom stereocenters. The Morgan fingerprint density at radius 1 is 1.55 bits per heavy atom. The first kappa shape index (κ1) is 8.94. The summed E-state index contributed by atoms with van der Waals surface area (Å²) >= 11 is 4.91. The van der Waals surface area contributed by atoms with Crippen LogP contribution in [-0.4, -0.2) is 0 Å². The highest BCUT2D eigenvalue weighted by atomic mass is 127. The fourth-order valence-electron chi connectivity index (χ4n) is 0.608. The SMILES string of the molecule is N#Cc1cc(Br)c(F)cc1I. The topological polar surface area (TPSA) is 23.8 Å². The zero-order valence-electron chi connectivity index (χ0n) is 5.24. The number of nitrogens with zero attached hydrogens (tertiary/aromatic N) is 1. The van der Waals surface area contributed by atoms with Gasteiger partial charge in [-0.2, -0.15) is 5.26 Å². The molecule has 1 aromatic carbocycles. The first-order valence-electron chi connectivity index (χ1n) is 2.70. The molecule has 0 N–H and O–H groups in total. The summed E-state index contributed by atoms with van der Waals surface area (Å²) in [6.07, 6.45) is 0. The van der Waals surface area contributed by atoms with E-state index in [1.165, 1.54) is 12.1 Å². The summed E-state index contributed by atoms with van der Waals surface area (Å²) in [4.78, 5) is 0. The number of rotatable bonds is 0. The van der Waals surface area contributed by atoms with Crippen molar-refractivity contribution in [2.45, 2.75) is 0 Å². The minimum absolute atomic E-state index is 0.328. The van der Waals surface area contributed by atoms with Crippen molar-refractivity contribution in [1.82, 2.24) is 0 Å².